The number of hydrogen-bond acceptors (Lipinski definition) is 2. The van der Waals surface area contributed by atoms with Crippen molar-refractivity contribution in [3.05, 3.63) is 0 Å². The molecule has 0 amide bonds. The topological polar surface area (TPSA) is 53.5 Å². The molecule has 1 rings (SSSR count). The van der Waals surface area contributed by atoms with Gasteiger partial charge in [0, 0.05) is 40.9 Å². The summed E-state index contributed by atoms with van der Waals surface area (Å²) in [6.07, 6.45) is 8.17. The molecule has 1 saturated carbocycles. The normalized spacial score (nSPS) is 18.5. The zero-order chi connectivity index (χ0) is 16.4. The first-order valence-electron chi connectivity index (χ1n) is 8.84. The quantitative estimate of drug-likeness (QED) is 0.409. The van der Waals surface area contributed by atoms with E-state index in [4.69, 9.17) is 0 Å². The summed E-state index contributed by atoms with van der Waals surface area (Å²) in [4.78, 5) is 4.63. The maximum absolute atomic E-state index is 12.0. The Kier molecular flexibility index (Phi) is 9.06. The van der Waals surface area contributed by atoms with Crippen LogP contribution >= 0.6 is 0 Å². The molecule has 0 bridgehead atoms. The smallest absolute Gasteiger partial charge is 0.191 e. The minimum Gasteiger partial charge on any atom is -0.357 e. The Balaban J connectivity index is 2.24. The van der Waals surface area contributed by atoms with Gasteiger partial charge in [-0.2, -0.15) is 0 Å². The van der Waals surface area contributed by atoms with Gasteiger partial charge in [0.2, 0.25) is 0 Å². The van der Waals surface area contributed by atoms with Crippen LogP contribution in [0, 0.1) is 5.92 Å². The summed E-state index contributed by atoms with van der Waals surface area (Å²) in [5.74, 6) is 2.47. The highest BCUT2D eigenvalue weighted by Gasteiger charge is 2.18. The minimum atomic E-state index is -0.812. The zero-order valence-electron chi connectivity index (χ0n) is 14.9. The van der Waals surface area contributed by atoms with E-state index in [9.17, 15) is 4.21 Å². The molecule has 1 fully saturated rings. The summed E-state index contributed by atoms with van der Waals surface area (Å²) in [6, 6.07) is 0. The first-order chi connectivity index (χ1) is 10.4. The first-order valence-corrected chi connectivity index (χ1v) is 10.2. The highest BCUT2D eigenvalue weighted by Crippen LogP contribution is 2.28. The van der Waals surface area contributed by atoms with Crippen LogP contribution < -0.4 is 10.6 Å². The van der Waals surface area contributed by atoms with Crippen LogP contribution in [0.3, 0.4) is 0 Å². The average molecular weight is 330 g/mol. The third-order valence-corrected chi connectivity index (χ3v) is 6.06. The molecular formula is C17H35N3OS. The van der Waals surface area contributed by atoms with Crippen molar-refractivity contribution in [3.8, 4) is 0 Å². The first kappa shape index (κ1) is 19.5. The number of hydrogen-bond donors (Lipinski definition) is 2. The second-order valence-corrected chi connectivity index (χ2v) is 9.47. The summed E-state index contributed by atoms with van der Waals surface area (Å²) >= 11 is 0. The minimum absolute atomic E-state index is 0.140. The van der Waals surface area contributed by atoms with Gasteiger partial charge in [-0.3, -0.25) is 9.20 Å². The van der Waals surface area contributed by atoms with Crippen LogP contribution in [-0.4, -0.2) is 40.3 Å². The van der Waals surface area contributed by atoms with Gasteiger partial charge in [0.25, 0.3) is 0 Å². The molecule has 0 saturated heterocycles. The number of nitrogens with one attached hydrogen (secondary N) is 2. The molecular weight excluding hydrogens is 294 g/mol. The molecule has 4 nitrogen and oxygen atoms in total. The molecule has 1 aliphatic rings. The summed E-state index contributed by atoms with van der Waals surface area (Å²) in [5, 5.41) is 6.56. The van der Waals surface area contributed by atoms with E-state index in [0.717, 1.165) is 25.0 Å². The van der Waals surface area contributed by atoms with Crippen LogP contribution in [0.1, 0.15) is 66.2 Å². The Bertz CT molecular complexity index is 357. The number of aliphatic imine (C=N–C) groups is 1. The van der Waals surface area contributed by atoms with E-state index in [1.807, 2.05) is 20.8 Å². The van der Waals surface area contributed by atoms with Crippen molar-refractivity contribution < 1.29 is 4.21 Å². The molecule has 0 aromatic carbocycles. The molecule has 5 heteroatoms. The van der Waals surface area contributed by atoms with Crippen molar-refractivity contribution in [1.82, 2.24) is 10.6 Å². The van der Waals surface area contributed by atoms with Crippen molar-refractivity contribution in [1.29, 1.82) is 0 Å². The lowest BCUT2D eigenvalue weighted by Gasteiger charge is -2.18. The molecule has 1 aliphatic carbocycles. The molecule has 1 unspecified atom stereocenters. The van der Waals surface area contributed by atoms with Crippen molar-refractivity contribution >= 4 is 16.8 Å². The maximum Gasteiger partial charge on any atom is 0.191 e. The molecule has 0 spiro atoms. The van der Waals surface area contributed by atoms with Gasteiger partial charge in [0.05, 0.1) is 0 Å². The van der Waals surface area contributed by atoms with Crippen molar-refractivity contribution in [3.63, 3.8) is 0 Å². The fraction of sp³-hybridized carbons (Fsp3) is 0.941. The summed E-state index contributed by atoms with van der Waals surface area (Å²) in [6.45, 7) is 10.6. The fourth-order valence-electron chi connectivity index (χ4n) is 2.78. The van der Waals surface area contributed by atoms with Crippen LogP contribution in [0.4, 0.5) is 0 Å². The van der Waals surface area contributed by atoms with E-state index < -0.39 is 10.8 Å². The predicted octanol–water partition coefficient (Wildman–Crippen LogP) is 3.06. The molecule has 0 heterocycles. The molecule has 1 atom stereocenters. The second-order valence-electron chi connectivity index (χ2n) is 7.14. The van der Waals surface area contributed by atoms with Gasteiger partial charge >= 0.3 is 0 Å². The Morgan fingerprint density at radius 3 is 2.50 bits per heavy atom. The Hall–Kier alpha value is -0.580. The Morgan fingerprint density at radius 2 is 1.91 bits per heavy atom. The van der Waals surface area contributed by atoms with E-state index in [1.165, 1.54) is 38.5 Å². The van der Waals surface area contributed by atoms with E-state index in [2.05, 4.69) is 22.5 Å². The number of rotatable bonds is 8. The second kappa shape index (κ2) is 10.2. The zero-order valence-corrected chi connectivity index (χ0v) is 15.7. The standard InChI is InChI=1S/C17H35N3OS/c1-5-18-16(20-13-14-22(21)17(2,3)4)19-12-8-11-15-9-6-7-10-15/h15H,5-14H2,1-4H3,(H2,18,19,20). The summed E-state index contributed by atoms with van der Waals surface area (Å²) < 4.78 is 11.9. The van der Waals surface area contributed by atoms with Gasteiger partial charge < -0.3 is 10.6 Å². The SMILES string of the molecule is CCNC(=NCCCC1CCCC1)NCCS(=O)C(C)(C)C. The van der Waals surface area contributed by atoms with Gasteiger partial charge in [0.15, 0.2) is 5.96 Å². The van der Waals surface area contributed by atoms with Gasteiger partial charge in [-0.1, -0.05) is 25.7 Å². The van der Waals surface area contributed by atoms with Gasteiger partial charge in [0.1, 0.15) is 0 Å². The maximum atomic E-state index is 12.0. The lowest BCUT2D eigenvalue weighted by atomic mass is 10.0. The monoisotopic (exact) mass is 329 g/mol. The van der Waals surface area contributed by atoms with Crippen LogP contribution in [0.2, 0.25) is 0 Å². The van der Waals surface area contributed by atoms with E-state index >= 15 is 0 Å². The molecule has 0 radical (unpaired) electrons. The van der Waals surface area contributed by atoms with Crippen LogP contribution in [0.15, 0.2) is 4.99 Å². The van der Waals surface area contributed by atoms with Gasteiger partial charge in [-0.25, -0.2) is 0 Å². The van der Waals surface area contributed by atoms with Crippen molar-refractivity contribution in [2.45, 2.75) is 71.0 Å². The Morgan fingerprint density at radius 1 is 1.23 bits per heavy atom. The highest BCUT2D eigenvalue weighted by molar-refractivity contribution is 7.86. The Labute approximate surface area is 139 Å². The third kappa shape index (κ3) is 8.16. The van der Waals surface area contributed by atoms with E-state index in [-0.39, 0.29) is 4.75 Å². The molecule has 0 aliphatic heterocycles. The lowest BCUT2D eigenvalue weighted by molar-refractivity contribution is 0.487. The predicted molar refractivity (Wildman–Crippen MR) is 97.9 cm³/mol. The number of nitrogens with zero attached hydrogens (tertiary/aromatic N) is 1. The van der Waals surface area contributed by atoms with E-state index in [1.54, 1.807) is 0 Å². The third-order valence-electron chi connectivity index (χ3n) is 4.12. The van der Waals surface area contributed by atoms with Crippen LogP contribution in [0.25, 0.3) is 0 Å². The molecule has 0 aromatic heterocycles. The van der Waals surface area contributed by atoms with Crippen LogP contribution in [0.5, 0.6) is 0 Å². The molecule has 22 heavy (non-hydrogen) atoms. The number of guanidine groups is 1. The fourth-order valence-corrected chi connectivity index (χ4v) is 3.68. The van der Waals surface area contributed by atoms with Crippen LogP contribution in [-0.2, 0) is 10.8 Å². The van der Waals surface area contributed by atoms with Gasteiger partial charge in [-0.15, -0.1) is 0 Å². The van der Waals surface area contributed by atoms with Gasteiger partial charge in [-0.05, 0) is 46.5 Å². The van der Waals surface area contributed by atoms with Crippen molar-refractivity contribution in [2.75, 3.05) is 25.4 Å². The average Bonchev–Trinajstić information content (AvgIpc) is 2.95. The highest BCUT2D eigenvalue weighted by atomic mass is 32.2. The van der Waals surface area contributed by atoms with Crippen molar-refractivity contribution in [2.24, 2.45) is 10.9 Å². The summed E-state index contributed by atoms with van der Waals surface area (Å²) in [7, 11) is -0.812. The molecule has 0 aromatic rings. The van der Waals surface area contributed by atoms with E-state index in [0.29, 0.717) is 12.3 Å². The summed E-state index contributed by atoms with van der Waals surface area (Å²) in [5.41, 5.74) is 0. The molecule has 2 N–H and O–H groups in total. The molecule has 130 valence electrons. The lowest BCUT2D eigenvalue weighted by Crippen LogP contribution is -2.40. The largest absolute Gasteiger partial charge is 0.357 e.